The Morgan fingerprint density at radius 1 is 1.20 bits per heavy atom. The van der Waals surface area contributed by atoms with Crippen molar-refractivity contribution >= 4 is 17.3 Å². The average Bonchev–Trinajstić information content (AvgIpc) is 2.63. The Kier molecular flexibility index (Phi) is 5.86. The molecule has 0 radical (unpaired) electrons. The van der Waals surface area contributed by atoms with Crippen LogP contribution in [0.4, 0.5) is 11.6 Å². The lowest BCUT2D eigenvalue weighted by Gasteiger charge is -2.41. The highest BCUT2D eigenvalue weighted by Crippen LogP contribution is 2.28. The van der Waals surface area contributed by atoms with Crippen LogP contribution >= 0.6 is 0 Å². The second-order valence-corrected chi connectivity index (χ2v) is 7.30. The SMILES string of the molecule is CCC(=N)c1c(N)ncnc1NC1CCC(N2CCN(C)CC2)CC1. The van der Waals surface area contributed by atoms with E-state index in [1.165, 1.54) is 45.3 Å². The Hall–Kier alpha value is -1.73. The minimum Gasteiger partial charge on any atom is -0.383 e. The summed E-state index contributed by atoms with van der Waals surface area (Å²) < 4.78 is 0. The lowest BCUT2D eigenvalue weighted by Crippen LogP contribution is -2.50. The van der Waals surface area contributed by atoms with E-state index < -0.39 is 0 Å². The van der Waals surface area contributed by atoms with E-state index >= 15 is 0 Å². The highest BCUT2D eigenvalue weighted by Gasteiger charge is 2.28. The molecule has 1 saturated heterocycles. The van der Waals surface area contributed by atoms with E-state index in [4.69, 9.17) is 11.1 Å². The second kappa shape index (κ2) is 8.10. The van der Waals surface area contributed by atoms with E-state index in [9.17, 15) is 0 Å². The van der Waals surface area contributed by atoms with Crippen LogP contribution < -0.4 is 11.1 Å². The summed E-state index contributed by atoms with van der Waals surface area (Å²) in [5.74, 6) is 1.12. The van der Waals surface area contributed by atoms with Crippen molar-refractivity contribution in [2.75, 3.05) is 44.3 Å². The molecule has 0 spiro atoms. The summed E-state index contributed by atoms with van der Waals surface area (Å²) in [7, 11) is 2.21. The molecule has 2 heterocycles. The molecule has 3 rings (SSSR count). The first kappa shape index (κ1) is 18.1. The van der Waals surface area contributed by atoms with E-state index in [0.29, 0.717) is 29.6 Å². The number of aromatic nitrogens is 2. The van der Waals surface area contributed by atoms with Gasteiger partial charge < -0.3 is 21.4 Å². The van der Waals surface area contributed by atoms with Gasteiger partial charge in [0.1, 0.15) is 18.0 Å². The minimum atomic E-state index is 0.399. The van der Waals surface area contributed by atoms with Crippen molar-refractivity contribution in [1.82, 2.24) is 19.8 Å². The number of hydrogen-bond acceptors (Lipinski definition) is 7. The highest BCUT2D eigenvalue weighted by atomic mass is 15.3. The molecule has 138 valence electrons. The standard InChI is InChI=1S/C18H31N7/c1-3-15(19)16-17(20)21-12-22-18(16)23-13-4-6-14(7-5-13)25-10-8-24(2)9-11-25/h12-14,19H,3-11H2,1-2H3,(H3,20,21,22,23). The summed E-state index contributed by atoms with van der Waals surface area (Å²) in [5.41, 5.74) is 7.16. The molecule has 2 aliphatic rings. The molecule has 0 unspecified atom stereocenters. The number of nitrogen functional groups attached to an aromatic ring is 1. The van der Waals surface area contributed by atoms with Crippen LogP contribution in [-0.2, 0) is 0 Å². The normalized spacial score (nSPS) is 25.7. The molecule has 2 fully saturated rings. The van der Waals surface area contributed by atoms with Gasteiger partial charge in [0, 0.05) is 44.0 Å². The molecule has 0 bridgehead atoms. The minimum absolute atomic E-state index is 0.399. The van der Waals surface area contributed by atoms with E-state index in [1.807, 2.05) is 6.92 Å². The third-order valence-corrected chi connectivity index (χ3v) is 5.62. The van der Waals surface area contributed by atoms with Gasteiger partial charge in [-0.05, 0) is 39.2 Å². The average molecular weight is 345 g/mol. The molecule has 0 atom stereocenters. The van der Waals surface area contributed by atoms with E-state index in [2.05, 4.69) is 32.1 Å². The maximum absolute atomic E-state index is 8.15. The van der Waals surface area contributed by atoms with Gasteiger partial charge in [-0.2, -0.15) is 0 Å². The number of hydrogen-bond donors (Lipinski definition) is 3. The summed E-state index contributed by atoms with van der Waals surface area (Å²) in [6.45, 7) is 6.71. The third-order valence-electron chi connectivity index (χ3n) is 5.62. The quantitative estimate of drug-likeness (QED) is 0.705. The van der Waals surface area contributed by atoms with Gasteiger partial charge in [0.05, 0.1) is 5.56 Å². The van der Waals surface area contributed by atoms with E-state index in [-0.39, 0.29) is 0 Å². The fourth-order valence-electron chi connectivity index (χ4n) is 3.95. The van der Waals surface area contributed by atoms with Gasteiger partial charge in [0.25, 0.3) is 0 Å². The number of nitrogens with one attached hydrogen (secondary N) is 2. The third kappa shape index (κ3) is 4.27. The Morgan fingerprint density at radius 3 is 2.52 bits per heavy atom. The Morgan fingerprint density at radius 2 is 1.88 bits per heavy atom. The van der Waals surface area contributed by atoms with Crippen LogP contribution in [0, 0.1) is 5.41 Å². The number of piperazine rings is 1. The first-order valence-corrected chi connectivity index (χ1v) is 9.45. The van der Waals surface area contributed by atoms with Crippen LogP contribution in [0.25, 0.3) is 0 Å². The van der Waals surface area contributed by atoms with Crippen molar-refractivity contribution in [2.45, 2.75) is 51.1 Å². The molecule has 1 aromatic heterocycles. The maximum Gasteiger partial charge on any atom is 0.140 e. The predicted octanol–water partition coefficient (Wildman–Crippen LogP) is 1.81. The molecule has 7 nitrogen and oxygen atoms in total. The molecule has 1 saturated carbocycles. The number of rotatable bonds is 5. The first-order chi connectivity index (χ1) is 12.1. The van der Waals surface area contributed by atoms with Gasteiger partial charge in [0.2, 0.25) is 0 Å². The summed E-state index contributed by atoms with van der Waals surface area (Å²) in [5, 5.41) is 11.7. The van der Waals surface area contributed by atoms with Crippen molar-refractivity contribution in [3.63, 3.8) is 0 Å². The first-order valence-electron chi connectivity index (χ1n) is 9.45. The molecule has 0 aromatic carbocycles. The predicted molar refractivity (Wildman–Crippen MR) is 102 cm³/mol. The van der Waals surface area contributed by atoms with Gasteiger partial charge in [0.15, 0.2) is 0 Å². The molecule has 0 amide bonds. The summed E-state index contributed by atoms with van der Waals surface area (Å²) in [6, 6.07) is 1.12. The molecule has 4 N–H and O–H groups in total. The van der Waals surface area contributed by atoms with Gasteiger partial charge in [-0.15, -0.1) is 0 Å². The second-order valence-electron chi connectivity index (χ2n) is 7.30. The zero-order valence-corrected chi connectivity index (χ0v) is 15.5. The molecule has 1 aliphatic heterocycles. The van der Waals surface area contributed by atoms with Crippen LogP contribution in [0.1, 0.15) is 44.6 Å². The molecule has 7 heteroatoms. The fraction of sp³-hybridized carbons (Fsp3) is 0.722. The molecular weight excluding hydrogens is 314 g/mol. The van der Waals surface area contributed by atoms with Crippen molar-refractivity contribution in [2.24, 2.45) is 0 Å². The molecule has 1 aromatic rings. The number of nitrogens with two attached hydrogens (primary N) is 1. The van der Waals surface area contributed by atoms with Crippen LogP contribution in [-0.4, -0.2) is 70.8 Å². The lowest BCUT2D eigenvalue weighted by atomic mass is 9.89. The van der Waals surface area contributed by atoms with Crippen LogP contribution in [0.2, 0.25) is 0 Å². The fourth-order valence-corrected chi connectivity index (χ4v) is 3.95. The Labute approximate surface area is 150 Å². The number of likely N-dealkylation sites (N-methyl/N-ethyl adjacent to an activating group) is 1. The van der Waals surface area contributed by atoms with Crippen molar-refractivity contribution in [3.8, 4) is 0 Å². The van der Waals surface area contributed by atoms with E-state index in [0.717, 1.165) is 24.7 Å². The molecule has 25 heavy (non-hydrogen) atoms. The highest BCUT2D eigenvalue weighted by molar-refractivity contribution is 6.05. The maximum atomic E-state index is 8.15. The van der Waals surface area contributed by atoms with Gasteiger partial charge >= 0.3 is 0 Å². The Bertz CT molecular complexity index is 587. The molecular formula is C18H31N7. The van der Waals surface area contributed by atoms with Crippen molar-refractivity contribution < 1.29 is 0 Å². The van der Waals surface area contributed by atoms with Crippen molar-refractivity contribution in [1.29, 1.82) is 5.41 Å². The summed E-state index contributed by atoms with van der Waals surface area (Å²) >= 11 is 0. The topological polar surface area (TPSA) is 94.2 Å². The zero-order chi connectivity index (χ0) is 17.8. The van der Waals surface area contributed by atoms with Gasteiger partial charge in [-0.3, -0.25) is 4.90 Å². The monoisotopic (exact) mass is 345 g/mol. The Balaban J connectivity index is 1.58. The van der Waals surface area contributed by atoms with Crippen LogP contribution in [0.5, 0.6) is 0 Å². The summed E-state index contributed by atoms with van der Waals surface area (Å²) in [6.07, 6.45) is 6.84. The smallest absolute Gasteiger partial charge is 0.140 e. The van der Waals surface area contributed by atoms with Crippen molar-refractivity contribution in [3.05, 3.63) is 11.9 Å². The largest absolute Gasteiger partial charge is 0.383 e. The number of nitrogens with zero attached hydrogens (tertiary/aromatic N) is 4. The van der Waals surface area contributed by atoms with E-state index in [1.54, 1.807) is 0 Å². The van der Waals surface area contributed by atoms with Gasteiger partial charge in [-0.25, -0.2) is 9.97 Å². The van der Waals surface area contributed by atoms with Gasteiger partial charge in [-0.1, -0.05) is 6.92 Å². The van der Waals surface area contributed by atoms with Crippen LogP contribution in [0.15, 0.2) is 6.33 Å². The number of anilines is 2. The lowest BCUT2D eigenvalue weighted by molar-refractivity contribution is 0.0894. The van der Waals surface area contributed by atoms with Crippen LogP contribution in [0.3, 0.4) is 0 Å². The zero-order valence-electron chi connectivity index (χ0n) is 15.5. The summed E-state index contributed by atoms with van der Waals surface area (Å²) in [4.78, 5) is 13.5. The molecule has 1 aliphatic carbocycles.